The lowest BCUT2D eigenvalue weighted by atomic mass is 10.1. The monoisotopic (exact) mass is 297 g/mol. The van der Waals surface area contributed by atoms with Gasteiger partial charge in [-0.3, -0.25) is 0 Å². The van der Waals surface area contributed by atoms with Gasteiger partial charge in [0.15, 0.2) is 0 Å². The molecule has 1 atom stereocenters. The van der Waals surface area contributed by atoms with Gasteiger partial charge in [0.25, 0.3) is 0 Å². The number of nitrogens with zero attached hydrogens (tertiary/aromatic N) is 1. The summed E-state index contributed by atoms with van der Waals surface area (Å²) in [5.41, 5.74) is 1.17. The van der Waals surface area contributed by atoms with Crippen LogP contribution < -0.4 is 4.74 Å². The van der Waals surface area contributed by atoms with Crippen LogP contribution in [-0.4, -0.2) is 31.1 Å². The van der Waals surface area contributed by atoms with Crippen molar-refractivity contribution >= 4 is 11.6 Å². The molecule has 0 aliphatic heterocycles. The van der Waals surface area contributed by atoms with Crippen molar-refractivity contribution in [3.8, 4) is 5.75 Å². The third-order valence-corrected chi connectivity index (χ3v) is 3.60. The summed E-state index contributed by atoms with van der Waals surface area (Å²) >= 11 is 6.55. The maximum absolute atomic E-state index is 6.55. The van der Waals surface area contributed by atoms with Gasteiger partial charge in [0.2, 0.25) is 0 Å². The summed E-state index contributed by atoms with van der Waals surface area (Å²) in [6, 6.07) is 8.20. The van der Waals surface area contributed by atoms with Gasteiger partial charge in [-0.2, -0.15) is 0 Å². The summed E-state index contributed by atoms with van der Waals surface area (Å²) in [6.07, 6.45) is 3.38. The van der Waals surface area contributed by atoms with E-state index in [2.05, 4.69) is 37.8 Å². The lowest BCUT2D eigenvalue weighted by Crippen LogP contribution is -2.28. The molecule has 0 bridgehead atoms. The average molecular weight is 298 g/mol. The molecule has 1 aromatic rings. The summed E-state index contributed by atoms with van der Waals surface area (Å²) < 4.78 is 5.59. The van der Waals surface area contributed by atoms with Crippen LogP contribution in [0.5, 0.6) is 5.75 Å². The summed E-state index contributed by atoms with van der Waals surface area (Å²) in [6.45, 7) is 10.5. The smallest absolute Gasteiger partial charge is 0.119 e. The maximum Gasteiger partial charge on any atom is 0.119 e. The van der Waals surface area contributed by atoms with Crippen LogP contribution in [0.1, 0.15) is 51.0 Å². The van der Waals surface area contributed by atoms with Crippen LogP contribution >= 0.6 is 11.6 Å². The van der Waals surface area contributed by atoms with E-state index < -0.39 is 0 Å². The van der Waals surface area contributed by atoms with Crippen molar-refractivity contribution < 1.29 is 4.74 Å². The maximum atomic E-state index is 6.55. The standard InChI is InChI=1S/C17H28ClNO/c1-4-11-19(12-5-2)14-17(18)15-7-9-16(10-8-15)20-13-6-3/h7-10,17H,4-6,11-14H2,1-3H3. The van der Waals surface area contributed by atoms with E-state index in [9.17, 15) is 0 Å². The van der Waals surface area contributed by atoms with Crippen LogP contribution in [0.15, 0.2) is 24.3 Å². The highest BCUT2D eigenvalue weighted by atomic mass is 35.5. The predicted octanol–water partition coefficient (Wildman–Crippen LogP) is 4.88. The summed E-state index contributed by atoms with van der Waals surface area (Å²) in [5.74, 6) is 0.929. The van der Waals surface area contributed by atoms with Crippen molar-refractivity contribution in [1.29, 1.82) is 0 Å². The summed E-state index contributed by atoms with van der Waals surface area (Å²) in [4.78, 5) is 2.44. The lowest BCUT2D eigenvalue weighted by molar-refractivity contribution is 0.275. The Bertz CT molecular complexity index is 347. The molecule has 0 heterocycles. The Morgan fingerprint density at radius 1 is 1.00 bits per heavy atom. The SMILES string of the molecule is CCCOc1ccc(C(Cl)CN(CCC)CCC)cc1. The molecule has 1 unspecified atom stereocenters. The molecule has 0 N–H and O–H groups in total. The molecule has 0 aromatic heterocycles. The molecule has 1 rings (SSSR count). The molecule has 114 valence electrons. The third kappa shape index (κ3) is 6.15. The Balaban J connectivity index is 2.54. The fourth-order valence-corrected chi connectivity index (χ4v) is 2.59. The van der Waals surface area contributed by atoms with Gasteiger partial charge >= 0.3 is 0 Å². The molecule has 0 amide bonds. The molecular formula is C17H28ClNO. The van der Waals surface area contributed by atoms with Crippen LogP contribution in [0.2, 0.25) is 0 Å². The predicted molar refractivity (Wildman–Crippen MR) is 87.8 cm³/mol. The Hall–Kier alpha value is -0.730. The number of alkyl halides is 1. The van der Waals surface area contributed by atoms with E-state index in [-0.39, 0.29) is 5.38 Å². The van der Waals surface area contributed by atoms with Crippen LogP contribution in [0.3, 0.4) is 0 Å². The molecular weight excluding hydrogens is 270 g/mol. The molecule has 2 nitrogen and oxygen atoms in total. The number of hydrogen-bond donors (Lipinski definition) is 0. The minimum Gasteiger partial charge on any atom is -0.494 e. The molecule has 0 aliphatic rings. The first-order valence-electron chi connectivity index (χ1n) is 7.80. The van der Waals surface area contributed by atoms with E-state index in [1.807, 2.05) is 12.1 Å². The highest BCUT2D eigenvalue weighted by Gasteiger charge is 2.12. The van der Waals surface area contributed by atoms with Crippen molar-refractivity contribution in [1.82, 2.24) is 4.90 Å². The van der Waals surface area contributed by atoms with Gasteiger partial charge in [-0.1, -0.05) is 32.9 Å². The Morgan fingerprint density at radius 3 is 2.10 bits per heavy atom. The van der Waals surface area contributed by atoms with Crippen molar-refractivity contribution in [3.05, 3.63) is 29.8 Å². The van der Waals surface area contributed by atoms with E-state index in [0.717, 1.165) is 38.4 Å². The van der Waals surface area contributed by atoms with Crippen LogP contribution in [0.25, 0.3) is 0 Å². The van der Waals surface area contributed by atoms with Crippen LogP contribution in [-0.2, 0) is 0 Å². The zero-order chi connectivity index (χ0) is 14.8. The zero-order valence-electron chi connectivity index (χ0n) is 13.1. The summed E-state index contributed by atoms with van der Waals surface area (Å²) in [5, 5.41) is 0.0494. The topological polar surface area (TPSA) is 12.5 Å². The van der Waals surface area contributed by atoms with Crippen LogP contribution in [0, 0.1) is 0 Å². The first-order valence-corrected chi connectivity index (χ1v) is 8.24. The van der Waals surface area contributed by atoms with E-state index >= 15 is 0 Å². The second-order valence-corrected chi connectivity index (χ2v) is 5.71. The largest absolute Gasteiger partial charge is 0.494 e. The summed E-state index contributed by atoms with van der Waals surface area (Å²) in [7, 11) is 0. The van der Waals surface area contributed by atoms with Gasteiger partial charge in [-0.15, -0.1) is 11.6 Å². The Morgan fingerprint density at radius 2 is 1.60 bits per heavy atom. The number of hydrogen-bond acceptors (Lipinski definition) is 2. The van der Waals surface area contributed by atoms with Gasteiger partial charge < -0.3 is 9.64 Å². The highest BCUT2D eigenvalue weighted by molar-refractivity contribution is 6.21. The third-order valence-electron chi connectivity index (χ3n) is 3.21. The molecule has 20 heavy (non-hydrogen) atoms. The molecule has 1 aromatic carbocycles. The van der Waals surface area contributed by atoms with Gasteiger partial charge in [0, 0.05) is 6.54 Å². The molecule has 0 saturated carbocycles. The number of halogens is 1. The van der Waals surface area contributed by atoms with Crippen molar-refractivity contribution in [2.45, 2.75) is 45.4 Å². The van der Waals surface area contributed by atoms with Crippen molar-refractivity contribution in [3.63, 3.8) is 0 Å². The molecule has 0 aliphatic carbocycles. The molecule has 3 heteroatoms. The lowest BCUT2D eigenvalue weighted by Gasteiger charge is -2.24. The first-order chi connectivity index (χ1) is 9.71. The zero-order valence-corrected chi connectivity index (χ0v) is 13.8. The second kappa shape index (κ2) is 10.1. The normalized spacial score (nSPS) is 12.7. The fraction of sp³-hybridized carbons (Fsp3) is 0.647. The molecule has 0 spiro atoms. The van der Waals surface area contributed by atoms with Crippen molar-refractivity contribution in [2.75, 3.05) is 26.2 Å². The van der Waals surface area contributed by atoms with Gasteiger partial charge in [0.05, 0.1) is 12.0 Å². The van der Waals surface area contributed by atoms with E-state index in [4.69, 9.17) is 16.3 Å². The van der Waals surface area contributed by atoms with Gasteiger partial charge in [-0.05, 0) is 50.0 Å². The van der Waals surface area contributed by atoms with E-state index in [0.29, 0.717) is 0 Å². The quantitative estimate of drug-likeness (QED) is 0.571. The minimum absolute atomic E-state index is 0.0494. The minimum atomic E-state index is 0.0494. The van der Waals surface area contributed by atoms with E-state index in [1.54, 1.807) is 0 Å². The Kier molecular flexibility index (Phi) is 8.72. The average Bonchev–Trinajstić information content (AvgIpc) is 2.46. The number of rotatable bonds is 10. The molecule has 0 radical (unpaired) electrons. The molecule has 0 saturated heterocycles. The van der Waals surface area contributed by atoms with Gasteiger partial charge in [0.1, 0.15) is 5.75 Å². The second-order valence-electron chi connectivity index (χ2n) is 5.19. The number of ether oxygens (including phenoxy) is 1. The molecule has 0 fully saturated rings. The van der Waals surface area contributed by atoms with Gasteiger partial charge in [-0.25, -0.2) is 0 Å². The van der Waals surface area contributed by atoms with Crippen molar-refractivity contribution in [2.24, 2.45) is 0 Å². The highest BCUT2D eigenvalue weighted by Crippen LogP contribution is 2.24. The fourth-order valence-electron chi connectivity index (χ4n) is 2.25. The van der Waals surface area contributed by atoms with E-state index in [1.165, 1.54) is 18.4 Å². The number of benzene rings is 1. The Labute approximate surface area is 129 Å². The van der Waals surface area contributed by atoms with Crippen LogP contribution in [0.4, 0.5) is 0 Å². The first kappa shape index (κ1) is 17.3.